The number of aliphatic hydroxyl groups excluding tert-OH is 2. The third-order valence-corrected chi connectivity index (χ3v) is 3.83. The standard InChI is InChI=1S/C17H15N3O3/c21-10-11(22)8-20-9-15(18-19-20)14-6-3-5-13-12-4-1-2-7-16(12)23-17(13)14/h1-7,9,11,21-22H,8,10H2. The summed E-state index contributed by atoms with van der Waals surface area (Å²) in [5, 5.41) is 28.7. The number of rotatable bonds is 4. The van der Waals surface area contributed by atoms with Crippen molar-refractivity contribution in [2.24, 2.45) is 0 Å². The molecule has 0 bridgehead atoms. The molecular formula is C17H15N3O3. The van der Waals surface area contributed by atoms with Crippen LogP contribution in [-0.2, 0) is 6.54 Å². The van der Waals surface area contributed by atoms with Crippen LogP contribution in [0.25, 0.3) is 33.2 Å². The van der Waals surface area contributed by atoms with Gasteiger partial charge in [0, 0.05) is 16.3 Å². The summed E-state index contributed by atoms with van der Waals surface area (Å²) in [5.41, 5.74) is 3.12. The summed E-state index contributed by atoms with van der Waals surface area (Å²) in [6, 6.07) is 13.8. The molecule has 0 fully saturated rings. The largest absolute Gasteiger partial charge is 0.455 e. The number of nitrogens with zero attached hydrogens (tertiary/aromatic N) is 3. The van der Waals surface area contributed by atoms with Crippen molar-refractivity contribution in [2.75, 3.05) is 6.61 Å². The summed E-state index contributed by atoms with van der Waals surface area (Å²) in [6.07, 6.45) is 0.882. The molecular weight excluding hydrogens is 294 g/mol. The van der Waals surface area contributed by atoms with Gasteiger partial charge in [-0.1, -0.05) is 35.5 Å². The van der Waals surface area contributed by atoms with Crippen LogP contribution in [0.2, 0.25) is 0 Å². The number of furan rings is 1. The molecule has 6 nitrogen and oxygen atoms in total. The molecule has 2 heterocycles. The molecule has 1 atom stereocenters. The van der Waals surface area contributed by atoms with Crippen LogP contribution >= 0.6 is 0 Å². The second-order valence-corrected chi connectivity index (χ2v) is 5.44. The van der Waals surface area contributed by atoms with Crippen LogP contribution in [0.1, 0.15) is 0 Å². The van der Waals surface area contributed by atoms with Gasteiger partial charge in [-0.3, -0.25) is 0 Å². The third-order valence-electron chi connectivity index (χ3n) is 3.83. The van der Waals surface area contributed by atoms with Crippen LogP contribution in [0.3, 0.4) is 0 Å². The lowest BCUT2D eigenvalue weighted by Gasteiger charge is -2.04. The number of aromatic nitrogens is 3. The molecule has 4 aromatic rings. The van der Waals surface area contributed by atoms with Gasteiger partial charge < -0.3 is 14.6 Å². The minimum absolute atomic E-state index is 0.194. The van der Waals surface area contributed by atoms with E-state index in [9.17, 15) is 5.11 Å². The van der Waals surface area contributed by atoms with Gasteiger partial charge in [0.25, 0.3) is 0 Å². The van der Waals surface area contributed by atoms with Gasteiger partial charge in [0.2, 0.25) is 0 Å². The lowest BCUT2D eigenvalue weighted by Crippen LogP contribution is -2.20. The summed E-state index contributed by atoms with van der Waals surface area (Å²) < 4.78 is 7.49. The lowest BCUT2D eigenvalue weighted by atomic mass is 10.1. The molecule has 2 N–H and O–H groups in total. The molecule has 0 aliphatic carbocycles. The average molecular weight is 309 g/mol. The maximum absolute atomic E-state index is 9.50. The summed E-state index contributed by atoms with van der Waals surface area (Å²) in [7, 11) is 0. The second kappa shape index (κ2) is 5.49. The molecule has 0 spiro atoms. The van der Waals surface area contributed by atoms with Gasteiger partial charge in [0.1, 0.15) is 16.9 Å². The number of aliphatic hydroxyl groups is 2. The van der Waals surface area contributed by atoms with Crippen LogP contribution in [-0.4, -0.2) is 37.9 Å². The highest BCUT2D eigenvalue weighted by atomic mass is 16.3. The molecule has 4 rings (SSSR count). The smallest absolute Gasteiger partial charge is 0.144 e. The van der Waals surface area contributed by atoms with Crippen LogP contribution in [0.4, 0.5) is 0 Å². The van der Waals surface area contributed by atoms with Crippen LogP contribution < -0.4 is 0 Å². The minimum atomic E-state index is -0.855. The molecule has 2 aromatic carbocycles. The van der Waals surface area contributed by atoms with E-state index in [1.165, 1.54) is 4.68 Å². The zero-order chi connectivity index (χ0) is 15.8. The lowest BCUT2D eigenvalue weighted by molar-refractivity contribution is 0.0778. The monoisotopic (exact) mass is 309 g/mol. The predicted octanol–water partition coefficient (Wildman–Crippen LogP) is 2.20. The molecule has 6 heteroatoms. The Morgan fingerprint density at radius 2 is 1.91 bits per heavy atom. The second-order valence-electron chi connectivity index (χ2n) is 5.44. The van der Waals surface area contributed by atoms with Crippen LogP contribution in [0, 0.1) is 0 Å². The molecule has 0 amide bonds. The van der Waals surface area contributed by atoms with Gasteiger partial charge in [0.15, 0.2) is 0 Å². The van der Waals surface area contributed by atoms with Crippen molar-refractivity contribution in [3.05, 3.63) is 48.7 Å². The first-order chi connectivity index (χ1) is 11.3. The van der Waals surface area contributed by atoms with E-state index < -0.39 is 6.10 Å². The van der Waals surface area contributed by atoms with Gasteiger partial charge >= 0.3 is 0 Å². The molecule has 0 radical (unpaired) electrons. The highest BCUT2D eigenvalue weighted by Gasteiger charge is 2.14. The number of hydrogen-bond acceptors (Lipinski definition) is 5. The Hall–Kier alpha value is -2.70. The average Bonchev–Trinajstić information content (AvgIpc) is 3.18. The van der Waals surface area contributed by atoms with E-state index in [0.29, 0.717) is 5.69 Å². The maximum Gasteiger partial charge on any atom is 0.144 e. The Kier molecular flexibility index (Phi) is 3.33. The quantitative estimate of drug-likeness (QED) is 0.604. The fourth-order valence-electron chi connectivity index (χ4n) is 2.73. The van der Waals surface area contributed by atoms with E-state index in [0.717, 1.165) is 27.5 Å². The Morgan fingerprint density at radius 3 is 2.78 bits per heavy atom. The normalized spacial score (nSPS) is 13.0. The molecule has 0 saturated carbocycles. The predicted molar refractivity (Wildman–Crippen MR) is 85.8 cm³/mol. The highest BCUT2D eigenvalue weighted by molar-refractivity contribution is 6.09. The molecule has 1 unspecified atom stereocenters. The van der Waals surface area contributed by atoms with E-state index in [2.05, 4.69) is 10.3 Å². The summed E-state index contributed by atoms with van der Waals surface area (Å²) in [6.45, 7) is -0.117. The summed E-state index contributed by atoms with van der Waals surface area (Å²) in [4.78, 5) is 0. The van der Waals surface area contributed by atoms with Gasteiger partial charge in [-0.05, 0) is 12.1 Å². The van der Waals surface area contributed by atoms with E-state index in [1.807, 2.05) is 42.5 Å². The minimum Gasteiger partial charge on any atom is -0.455 e. The van der Waals surface area contributed by atoms with Gasteiger partial charge in [-0.25, -0.2) is 4.68 Å². The zero-order valence-corrected chi connectivity index (χ0v) is 12.3. The SMILES string of the molecule is OCC(O)Cn1cc(-c2cccc3c2oc2ccccc23)nn1. The third kappa shape index (κ3) is 2.38. The fourth-order valence-corrected chi connectivity index (χ4v) is 2.73. The van der Waals surface area contributed by atoms with Crippen molar-refractivity contribution in [1.82, 2.24) is 15.0 Å². The van der Waals surface area contributed by atoms with E-state index in [4.69, 9.17) is 9.52 Å². The number of benzene rings is 2. The van der Waals surface area contributed by atoms with E-state index >= 15 is 0 Å². The Morgan fingerprint density at radius 1 is 1.09 bits per heavy atom. The molecule has 0 aliphatic rings. The van der Waals surface area contributed by atoms with Crippen molar-refractivity contribution in [3.8, 4) is 11.3 Å². The van der Waals surface area contributed by atoms with Crippen molar-refractivity contribution in [1.29, 1.82) is 0 Å². The fraction of sp³-hybridized carbons (Fsp3) is 0.176. The summed E-state index contributed by atoms with van der Waals surface area (Å²) >= 11 is 0. The highest BCUT2D eigenvalue weighted by Crippen LogP contribution is 2.34. The molecule has 0 aliphatic heterocycles. The van der Waals surface area contributed by atoms with Crippen molar-refractivity contribution >= 4 is 21.9 Å². The maximum atomic E-state index is 9.50. The van der Waals surface area contributed by atoms with Crippen molar-refractivity contribution < 1.29 is 14.6 Å². The van der Waals surface area contributed by atoms with Crippen molar-refractivity contribution in [2.45, 2.75) is 12.6 Å². The zero-order valence-electron chi connectivity index (χ0n) is 12.3. The molecule has 0 saturated heterocycles. The Balaban J connectivity index is 1.83. The van der Waals surface area contributed by atoms with Crippen molar-refractivity contribution in [3.63, 3.8) is 0 Å². The van der Waals surface area contributed by atoms with Gasteiger partial charge in [-0.2, -0.15) is 0 Å². The van der Waals surface area contributed by atoms with Crippen LogP contribution in [0.5, 0.6) is 0 Å². The van der Waals surface area contributed by atoms with E-state index in [-0.39, 0.29) is 13.2 Å². The summed E-state index contributed by atoms with van der Waals surface area (Å²) in [5.74, 6) is 0. The topological polar surface area (TPSA) is 84.3 Å². The number of hydrogen-bond donors (Lipinski definition) is 2. The Labute approximate surface area is 131 Å². The van der Waals surface area contributed by atoms with Gasteiger partial charge in [-0.15, -0.1) is 5.10 Å². The number of fused-ring (bicyclic) bond motifs is 3. The molecule has 23 heavy (non-hydrogen) atoms. The number of para-hydroxylation sites is 2. The van der Waals surface area contributed by atoms with E-state index in [1.54, 1.807) is 6.20 Å². The first-order valence-corrected chi connectivity index (χ1v) is 7.36. The molecule has 2 aromatic heterocycles. The molecule has 116 valence electrons. The van der Waals surface area contributed by atoms with Crippen LogP contribution in [0.15, 0.2) is 53.1 Å². The van der Waals surface area contributed by atoms with Gasteiger partial charge in [0.05, 0.1) is 25.5 Å². The Bertz CT molecular complexity index is 973. The first-order valence-electron chi connectivity index (χ1n) is 7.36. The first kappa shape index (κ1) is 13.9.